The molecule has 0 amide bonds. The molecule has 338 valence electrons. The van der Waals surface area contributed by atoms with E-state index < -0.39 is 0 Å². The minimum atomic E-state index is 0.418. The van der Waals surface area contributed by atoms with Crippen LogP contribution >= 0.6 is 0 Å². The van der Waals surface area contributed by atoms with Gasteiger partial charge in [0.2, 0.25) is 0 Å². The van der Waals surface area contributed by atoms with Gasteiger partial charge in [-0.1, -0.05) is 209 Å². The van der Waals surface area contributed by atoms with Crippen molar-refractivity contribution in [2.75, 3.05) is 9.80 Å². The molecule has 12 aromatic carbocycles. The zero-order valence-corrected chi connectivity index (χ0v) is 40.8. The SMILES string of the molecule is Cc1ccc(-c2cc(N(c3ccc(C(C)C)cc3)c3cccc4ccccc34)c3ccc4c(-c5ccc(C)cc5)cc(N(c5ccc(C(C)C)cc5)c5cccc6ccccc56)c5ccc2c3c45)cc1. The van der Waals surface area contributed by atoms with Gasteiger partial charge < -0.3 is 9.80 Å². The van der Waals surface area contributed by atoms with Gasteiger partial charge in [0.25, 0.3) is 0 Å². The first kappa shape index (κ1) is 43.1. The van der Waals surface area contributed by atoms with Crippen molar-refractivity contribution in [2.24, 2.45) is 0 Å². The smallest absolute Gasteiger partial charge is 0.0547 e. The lowest BCUT2D eigenvalue weighted by molar-refractivity contribution is 0.866. The summed E-state index contributed by atoms with van der Waals surface area (Å²) in [5.74, 6) is 0.836. The zero-order chi connectivity index (χ0) is 47.6. The van der Waals surface area contributed by atoms with Crippen LogP contribution in [0.1, 0.15) is 61.8 Å². The summed E-state index contributed by atoms with van der Waals surface area (Å²) < 4.78 is 0. The van der Waals surface area contributed by atoms with E-state index in [4.69, 9.17) is 0 Å². The van der Waals surface area contributed by atoms with Gasteiger partial charge >= 0.3 is 0 Å². The fourth-order valence-corrected chi connectivity index (χ4v) is 10.9. The van der Waals surface area contributed by atoms with E-state index in [0.29, 0.717) is 11.8 Å². The standard InChI is InChI=1S/C68H56N2/c1-43(2)47-29-33-53(34-30-47)69(63-19-11-15-49-13-7-9-17-55(49)63)65-41-61(51-25-21-45(5)22-26-51)57-38-40-60-66(42-62(52-27-23-46(6)24-28-52)58-37-39-59(65)67(57)68(58)60)70(54-35-31-48(32-36-54)44(3)4)64-20-12-16-50-14-8-10-18-56(50)64/h7-44H,1-6H3. The average Bonchev–Trinajstić information content (AvgIpc) is 3.39. The summed E-state index contributed by atoms with van der Waals surface area (Å²) in [5.41, 5.74) is 16.8. The van der Waals surface area contributed by atoms with Crippen molar-refractivity contribution in [3.8, 4) is 22.3 Å². The van der Waals surface area contributed by atoms with Crippen LogP contribution in [0, 0.1) is 13.8 Å². The number of fused-ring (bicyclic) bond motifs is 2. The van der Waals surface area contributed by atoms with Crippen molar-refractivity contribution >= 4 is 88.0 Å². The number of benzene rings is 12. The van der Waals surface area contributed by atoms with Gasteiger partial charge in [-0.3, -0.25) is 0 Å². The fraction of sp³-hybridized carbons (Fsp3) is 0.118. The summed E-state index contributed by atoms with van der Waals surface area (Å²) in [6.45, 7) is 13.4. The molecule has 0 fully saturated rings. The van der Waals surface area contributed by atoms with E-state index in [0.717, 1.165) is 34.1 Å². The van der Waals surface area contributed by atoms with Crippen molar-refractivity contribution < 1.29 is 0 Å². The average molecular weight is 901 g/mol. The van der Waals surface area contributed by atoms with Gasteiger partial charge in [-0.25, -0.2) is 0 Å². The molecule has 0 aliphatic heterocycles. The lowest BCUT2D eigenvalue weighted by Crippen LogP contribution is -2.13. The number of hydrogen-bond donors (Lipinski definition) is 0. The van der Waals surface area contributed by atoms with Gasteiger partial charge in [0.1, 0.15) is 0 Å². The van der Waals surface area contributed by atoms with E-state index in [9.17, 15) is 0 Å². The second kappa shape index (κ2) is 17.4. The highest BCUT2D eigenvalue weighted by molar-refractivity contribution is 6.32. The molecule has 0 spiro atoms. The summed E-state index contributed by atoms with van der Waals surface area (Å²) in [5, 5.41) is 12.2. The molecule has 0 bridgehead atoms. The molecule has 12 aromatic rings. The van der Waals surface area contributed by atoms with Crippen LogP contribution in [0.2, 0.25) is 0 Å². The van der Waals surface area contributed by atoms with Crippen molar-refractivity contribution in [3.05, 3.63) is 241 Å². The van der Waals surface area contributed by atoms with Crippen LogP contribution in [0.4, 0.5) is 34.1 Å². The Labute approximate surface area is 412 Å². The Kier molecular flexibility index (Phi) is 10.7. The Hall–Kier alpha value is -8.20. The number of aryl methyl sites for hydroxylation is 2. The lowest BCUT2D eigenvalue weighted by atomic mass is 9.85. The summed E-state index contributed by atoms with van der Waals surface area (Å²) in [4.78, 5) is 5.05. The molecule has 0 heterocycles. The highest BCUT2D eigenvalue weighted by Crippen LogP contribution is 2.53. The molecule has 0 aliphatic rings. The topological polar surface area (TPSA) is 6.48 Å². The molecule has 0 aliphatic carbocycles. The van der Waals surface area contributed by atoms with E-state index >= 15 is 0 Å². The molecule has 0 radical (unpaired) electrons. The third-order valence-corrected chi connectivity index (χ3v) is 14.7. The van der Waals surface area contributed by atoms with E-state index in [1.807, 2.05) is 0 Å². The Morgan fingerprint density at radius 2 is 0.657 bits per heavy atom. The van der Waals surface area contributed by atoms with Crippen LogP contribution in [-0.4, -0.2) is 0 Å². The Bertz CT molecular complexity index is 3610. The molecule has 70 heavy (non-hydrogen) atoms. The van der Waals surface area contributed by atoms with Crippen LogP contribution in [0.5, 0.6) is 0 Å². The normalized spacial score (nSPS) is 11.8. The van der Waals surface area contributed by atoms with Crippen LogP contribution in [-0.2, 0) is 0 Å². The third-order valence-electron chi connectivity index (χ3n) is 14.7. The molecular formula is C68H56N2. The minimum Gasteiger partial charge on any atom is -0.309 e. The maximum Gasteiger partial charge on any atom is 0.0547 e. The molecule has 0 saturated carbocycles. The largest absolute Gasteiger partial charge is 0.309 e. The number of rotatable bonds is 10. The number of nitrogens with zero attached hydrogens (tertiary/aromatic N) is 2. The van der Waals surface area contributed by atoms with Gasteiger partial charge in [0.15, 0.2) is 0 Å². The minimum absolute atomic E-state index is 0.418. The summed E-state index contributed by atoms with van der Waals surface area (Å²) in [6, 6.07) is 82.4. The zero-order valence-electron chi connectivity index (χ0n) is 40.8. The predicted octanol–water partition coefficient (Wildman–Crippen LogP) is 20.0. The second-order valence-corrected chi connectivity index (χ2v) is 19.8. The maximum atomic E-state index is 2.52. The van der Waals surface area contributed by atoms with Gasteiger partial charge in [-0.05, 0) is 129 Å². The van der Waals surface area contributed by atoms with Crippen LogP contribution in [0.15, 0.2) is 218 Å². The predicted molar refractivity (Wildman–Crippen MR) is 303 cm³/mol. The van der Waals surface area contributed by atoms with Crippen LogP contribution in [0.25, 0.3) is 76.1 Å². The monoisotopic (exact) mass is 900 g/mol. The van der Waals surface area contributed by atoms with Gasteiger partial charge in [-0.2, -0.15) is 0 Å². The first-order chi connectivity index (χ1) is 34.2. The van der Waals surface area contributed by atoms with Gasteiger partial charge in [0, 0.05) is 43.7 Å². The Balaban J connectivity index is 1.25. The first-order valence-corrected chi connectivity index (χ1v) is 24.9. The molecule has 12 rings (SSSR count). The molecule has 2 nitrogen and oxygen atoms in total. The highest BCUT2D eigenvalue weighted by Gasteiger charge is 2.27. The highest BCUT2D eigenvalue weighted by atomic mass is 15.2. The summed E-state index contributed by atoms with van der Waals surface area (Å²) in [7, 11) is 0. The van der Waals surface area contributed by atoms with Gasteiger partial charge in [-0.15, -0.1) is 0 Å². The molecule has 0 atom stereocenters. The van der Waals surface area contributed by atoms with E-state index in [-0.39, 0.29) is 0 Å². The first-order valence-electron chi connectivity index (χ1n) is 24.9. The van der Waals surface area contributed by atoms with Gasteiger partial charge in [0.05, 0.1) is 22.7 Å². The molecule has 0 saturated heterocycles. The van der Waals surface area contributed by atoms with E-state index in [2.05, 4.69) is 270 Å². The second-order valence-electron chi connectivity index (χ2n) is 19.8. The maximum absolute atomic E-state index is 2.52. The lowest BCUT2D eigenvalue weighted by Gasteiger charge is -2.32. The number of hydrogen-bond acceptors (Lipinski definition) is 2. The molecule has 0 aromatic heterocycles. The number of anilines is 6. The molecular weight excluding hydrogens is 845 g/mol. The molecule has 2 heteroatoms. The summed E-state index contributed by atoms with van der Waals surface area (Å²) in [6.07, 6.45) is 0. The Morgan fingerprint density at radius 1 is 0.300 bits per heavy atom. The van der Waals surface area contributed by atoms with E-state index in [1.165, 1.54) is 98.4 Å². The van der Waals surface area contributed by atoms with Crippen molar-refractivity contribution in [2.45, 2.75) is 53.4 Å². The third kappa shape index (κ3) is 7.34. The summed E-state index contributed by atoms with van der Waals surface area (Å²) >= 11 is 0. The van der Waals surface area contributed by atoms with Crippen molar-refractivity contribution in [3.63, 3.8) is 0 Å². The fourth-order valence-electron chi connectivity index (χ4n) is 10.9. The van der Waals surface area contributed by atoms with Crippen LogP contribution in [0.3, 0.4) is 0 Å². The van der Waals surface area contributed by atoms with Crippen molar-refractivity contribution in [1.29, 1.82) is 0 Å². The van der Waals surface area contributed by atoms with Crippen LogP contribution < -0.4 is 9.80 Å². The van der Waals surface area contributed by atoms with Crippen molar-refractivity contribution in [1.82, 2.24) is 0 Å². The molecule has 0 unspecified atom stereocenters. The molecule has 0 N–H and O–H groups in total. The Morgan fingerprint density at radius 3 is 1.04 bits per heavy atom. The van der Waals surface area contributed by atoms with E-state index in [1.54, 1.807) is 0 Å². The quantitative estimate of drug-likeness (QED) is 0.126.